The molecular formula is C80H114O25. The molecule has 0 spiro atoms. The maximum atomic E-state index is 13.4. The summed E-state index contributed by atoms with van der Waals surface area (Å²) >= 11 is 0. The second-order valence-electron chi connectivity index (χ2n) is 24.3. The molecule has 105 heavy (non-hydrogen) atoms. The molecule has 0 saturated carbocycles. The van der Waals surface area contributed by atoms with Crippen LogP contribution in [0.4, 0.5) is 0 Å². The van der Waals surface area contributed by atoms with E-state index >= 15 is 0 Å². The van der Waals surface area contributed by atoms with Crippen molar-refractivity contribution in [2.45, 2.75) is 209 Å². The van der Waals surface area contributed by atoms with Crippen LogP contribution in [0.1, 0.15) is 292 Å². The monoisotopic (exact) mass is 1470 g/mol. The molecule has 0 unspecified atom stereocenters. The quantitative estimate of drug-likeness (QED) is 0.0236. The number of unbranched alkanes of at least 4 members (excludes halogenated alkanes) is 20. The average Bonchev–Trinajstić information content (AvgIpc) is 0.831. The third kappa shape index (κ3) is 32.1. The van der Waals surface area contributed by atoms with Crippen molar-refractivity contribution in [3.05, 3.63) is 93.0 Å². The van der Waals surface area contributed by atoms with Gasteiger partial charge in [0.15, 0.2) is 0 Å². The minimum Gasteiger partial charge on any atom is -0.507 e. The largest absolute Gasteiger partial charge is 0.507 e. The van der Waals surface area contributed by atoms with E-state index in [0.29, 0.717) is 45.1 Å². The summed E-state index contributed by atoms with van der Waals surface area (Å²) in [7, 11) is 0. The third-order valence-electron chi connectivity index (χ3n) is 16.3. The number of phenolic OH excluding ortho intramolecular Hbond substituents is 1. The van der Waals surface area contributed by atoms with E-state index in [4.69, 9.17) is 76.2 Å². The highest BCUT2D eigenvalue weighted by atomic mass is 16.6. The minimum atomic E-state index is -0.744. The van der Waals surface area contributed by atoms with Crippen molar-refractivity contribution in [2.24, 2.45) is 0 Å². The lowest BCUT2D eigenvalue weighted by atomic mass is 10.1. The smallest absolute Gasteiger partial charge is 0.342 e. The molecule has 0 fully saturated rings. The van der Waals surface area contributed by atoms with Crippen LogP contribution in [0.3, 0.4) is 0 Å². The molecule has 2 N–H and O–H groups in total. The molecule has 0 aromatic heterocycles. The minimum absolute atomic E-state index is 0.000727. The van der Waals surface area contributed by atoms with Gasteiger partial charge in [0.2, 0.25) is 0 Å². The molecule has 4 aromatic carbocycles. The Kier molecular flexibility index (Phi) is 44.5. The predicted octanol–water partition coefficient (Wildman–Crippen LogP) is 15.9. The lowest BCUT2D eigenvalue weighted by Crippen LogP contribution is -2.14. The van der Waals surface area contributed by atoms with Crippen molar-refractivity contribution in [3.63, 3.8) is 0 Å². The van der Waals surface area contributed by atoms with Gasteiger partial charge in [0.25, 0.3) is 0 Å². The number of carbonyl (C=O) groups is 8. The summed E-state index contributed by atoms with van der Waals surface area (Å²) in [5.41, 5.74) is 0.660. The van der Waals surface area contributed by atoms with Gasteiger partial charge in [0.05, 0.1) is 99.1 Å². The van der Waals surface area contributed by atoms with Gasteiger partial charge in [-0.05, 0) is 155 Å². The summed E-state index contributed by atoms with van der Waals surface area (Å²) in [5.74, 6) is -4.33. The summed E-state index contributed by atoms with van der Waals surface area (Å²) in [6.07, 6.45) is 19.4. The number of rotatable bonds is 58. The van der Waals surface area contributed by atoms with E-state index in [0.717, 1.165) is 122 Å². The SMILES string of the molecule is CCOC(=O)c1cc(OCCCCCCCCOc2cc(C(=O)OCC)c(OCCCCCCCCOc3cc(C(=O)OCC)c(OCCCCCCCCOc4cc(C(=O)OCC)c(OCCCCCCCCO)cc4C(=O)OCC)cc3C(=O)OCC)cc2C(=O)OCC)c(C(=O)OCC)cc1O. The Balaban J connectivity index is 1.23. The van der Waals surface area contributed by atoms with Gasteiger partial charge in [-0.2, -0.15) is 0 Å². The highest BCUT2D eigenvalue weighted by molar-refractivity contribution is 6.01. The first-order valence-corrected chi connectivity index (χ1v) is 37.8. The number of hydrogen-bond acceptors (Lipinski definition) is 25. The van der Waals surface area contributed by atoms with Crippen LogP contribution < -0.4 is 33.2 Å². The standard InChI is InChI=1S/C80H114O25/c1-9-91-73(83)57-50-66(58(49-65(57)82)74(84)92-10-2)99-42-35-27-19-20-28-36-44-101-69-53-62(78(88)96-14-6)70(54-61(69)77(87)95-13-5)103-46-39-31-23-24-32-40-48-105-72-56-63(79(89)97-15-7)71(55-64(72)80(90)98-16-8)104-47-38-30-22-21-29-37-45-102-68-52-59(75(85)93-11-3)67(51-60(68)76(86)94-12-4)100-43-34-26-18-17-25-33-41-81/h49-56,81-82H,9-48H2,1-8H3. The van der Waals surface area contributed by atoms with Gasteiger partial charge in [0.1, 0.15) is 90.5 Å². The van der Waals surface area contributed by atoms with Gasteiger partial charge in [-0.1, -0.05) is 103 Å². The number of hydrogen-bond donors (Lipinski definition) is 2. The molecule has 25 heteroatoms. The van der Waals surface area contributed by atoms with Crippen molar-refractivity contribution < 1.29 is 120 Å². The normalized spacial score (nSPS) is 10.9. The van der Waals surface area contributed by atoms with Crippen molar-refractivity contribution in [1.29, 1.82) is 0 Å². The number of carbonyl (C=O) groups excluding carboxylic acids is 8. The number of esters is 8. The summed E-state index contributed by atoms with van der Waals surface area (Å²) in [6, 6.07) is 11.3. The van der Waals surface area contributed by atoms with Crippen LogP contribution in [-0.2, 0) is 37.9 Å². The molecule has 0 radical (unpaired) electrons. The zero-order valence-electron chi connectivity index (χ0n) is 63.2. The molecule has 584 valence electrons. The first-order valence-electron chi connectivity index (χ1n) is 37.8. The van der Waals surface area contributed by atoms with Crippen LogP contribution in [-0.4, -0.2) is 164 Å². The summed E-state index contributed by atoms with van der Waals surface area (Å²) in [4.78, 5) is 104. The van der Waals surface area contributed by atoms with Crippen LogP contribution in [0.15, 0.2) is 48.5 Å². The lowest BCUT2D eigenvalue weighted by Gasteiger charge is -2.17. The van der Waals surface area contributed by atoms with Crippen LogP contribution in [0.2, 0.25) is 0 Å². The van der Waals surface area contributed by atoms with E-state index in [9.17, 15) is 43.5 Å². The topological polar surface area (TPSA) is 315 Å². The average molecular weight is 1480 g/mol. The summed E-state index contributed by atoms with van der Waals surface area (Å²) in [5, 5.41) is 19.5. The molecule has 0 amide bonds. The summed E-state index contributed by atoms with van der Waals surface area (Å²) < 4.78 is 85.0. The first kappa shape index (κ1) is 88.4. The summed E-state index contributed by atoms with van der Waals surface area (Å²) in [6.45, 7) is 16.5. The second-order valence-corrected chi connectivity index (χ2v) is 24.3. The second kappa shape index (κ2) is 52.9. The number of aliphatic hydroxyl groups excluding tert-OH is 1. The van der Waals surface area contributed by atoms with Crippen molar-refractivity contribution in [1.82, 2.24) is 0 Å². The number of aromatic hydroxyl groups is 1. The zero-order chi connectivity index (χ0) is 76.4. The highest BCUT2D eigenvalue weighted by Crippen LogP contribution is 2.36. The van der Waals surface area contributed by atoms with Crippen LogP contribution in [0, 0.1) is 0 Å². The maximum Gasteiger partial charge on any atom is 0.342 e. The number of ether oxygens (including phenoxy) is 15. The third-order valence-corrected chi connectivity index (χ3v) is 16.3. The van der Waals surface area contributed by atoms with Crippen LogP contribution >= 0.6 is 0 Å². The Hall–Kier alpha value is -9.00. The molecule has 0 atom stereocenters. The predicted molar refractivity (Wildman–Crippen MR) is 391 cm³/mol. The van der Waals surface area contributed by atoms with Crippen molar-refractivity contribution in [3.8, 4) is 46.0 Å². The highest BCUT2D eigenvalue weighted by Gasteiger charge is 2.28. The van der Waals surface area contributed by atoms with E-state index in [1.54, 1.807) is 55.4 Å². The van der Waals surface area contributed by atoms with Crippen LogP contribution in [0.25, 0.3) is 0 Å². The van der Waals surface area contributed by atoms with Gasteiger partial charge in [0, 0.05) is 6.61 Å². The molecule has 0 saturated heterocycles. The molecule has 0 bridgehead atoms. The number of benzene rings is 4. The van der Waals surface area contributed by atoms with Crippen LogP contribution in [0.5, 0.6) is 46.0 Å². The Labute approximate surface area is 619 Å². The lowest BCUT2D eigenvalue weighted by molar-refractivity contribution is 0.0502. The van der Waals surface area contributed by atoms with E-state index in [-0.39, 0.29) is 184 Å². The van der Waals surface area contributed by atoms with Gasteiger partial charge in [-0.25, -0.2) is 38.4 Å². The van der Waals surface area contributed by atoms with E-state index < -0.39 is 53.5 Å². The molecule has 0 aliphatic carbocycles. The van der Waals surface area contributed by atoms with Crippen molar-refractivity contribution in [2.75, 3.05) is 106 Å². The molecule has 25 nitrogen and oxygen atoms in total. The first-order chi connectivity index (χ1) is 51.0. The molecule has 0 aliphatic rings. The Morgan fingerprint density at radius 2 is 0.362 bits per heavy atom. The zero-order valence-corrected chi connectivity index (χ0v) is 63.2. The fraction of sp³-hybridized carbons (Fsp3) is 0.600. The van der Waals surface area contributed by atoms with E-state index in [1.807, 2.05) is 0 Å². The Morgan fingerprint density at radius 3 is 0.533 bits per heavy atom. The van der Waals surface area contributed by atoms with E-state index in [2.05, 4.69) is 0 Å². The molecule has 4 rings (SSSR count). The number of aliphatic hydroxyl groups is 1. The van der Waals surface area contributed by atoms with Gasteiger partial charge >= 0.3 is 47.8 Å². The van der Waals surface area contributed by atoms with Gasteiger partial charge in [-0.15, -0.1) is 0 Å². The molecule has 0 heterocycles. The van der Waals surface area contributed by atoms with Gasteiger partial charge < -0.3 is 81.3 Å². The molecule has 0 aliphatic heterocycles. The molecule has 4 aromatic rings. The molecular weight excluding hydrogens is 1360 g/mol. The fourth-order valence-electron chi connectivity index (χ4n) is 11.0. The Morgan fingerprint density at radius 1 is 0.219 bits per heavy atom. The number of phenols is 1. The van der Waals surface area contributed by atoms with E-state index in [1.165, 1.54) is 42.5 Å². The van der Waals surface area contributed by atoms with Crippen molar-refractivity contribution >= 4 is 47.8 Å². The van der Waals surface area contributed by atoms with Gasteiger partial charge in [-0.3, -0.25) is 0 Å². The Bertz CT molecular complexity index is 3290. The maximum absolute atomic E-state index is 13.4. The fourth-order valence-corrected chi connectivity index (χ4v) is 11.0.